The Labute approximate surface area is 122 Å². The van der Waals surface area contributed by atoms with Crippen LogP contribution in [-0.2, 0) is 13.1 Å². The van der Waals surface area contributed by atoms with Crippen LogP contribution in [0, 0.1) is 11.6 Å². The Morgan fingerprint density at radius 2 is 1.76 bits per heavy atom. The highest BCUT2D eigenvalue weighted by Gasteiger charge is 2.07. The minimum absolute atomic E-state index is 0.142. The topological polar surface area (TPSA) is 41.1 Å². The van der Waals surface area contributed by atoms with Crippen LogP contribution in [0.5, 0.6) is 0 Å². The average molecular weight is 290 g/mol. The lowest BCUT2D eigenvalue weighted by molar-refractivity contribution is 0.0963. The molecule has 0 fully saturated rings. The van der Waals surface area contributed by atoms with E-state index in [2.05, 4.69) is 10.6 Å². The van der Waals surface area contributed by atoms with E-state index in [-0.39, 0.29) is 18.0 Å². The third kappa shape index (κ3) is 3.86. The van der Waals surface area contributed by atoms with Crippen LogP contribution in [0.25, 0.3) is 0 Å². The number of halogens is 2. The van der Waals surface area contributed by atoms with Crippen LogP contribution >= 0.6 is 0 Å². The van der Waals surface area contributed by atoms with Crippen LogP contribution in [0.4, 0.5) is 8.78 Å². The van der Waals surface area contributed by atoms with E-state index < -0.39 is 11.6 Å². The fourth-order valence-corrected chi connectivity index (χ4v) is 1.94. The van der Waals surface area contributed by atoms with E-state index in [0.717, 1.165) is 11.6 Å². The third-order valence-electron chi connectivity index (χ3n) is 3.12. The molecule has 0 aromatic heterocycles. The van der Waals surface area contributed by atoms with Crippen molar-refractivity contribution in [3.05, 3.63) is 70.8 Å². The fourth-order valence-electron chi connectivity index (χ4n) is 1.94. The largest absolute Gasteiger partial charge is 0.355 e. The van der Waals surface area contributed by atoms with Gasteiger partial charge in [-0.2, -0.15) is 0 Å². The van der Waals surface area contributed by atoms with Gasteiger partial charge in [-0.05, 0) is 23.8 Å². The van der Waals surface area contributed by atoms with Gasteiger partial charge in [0.1, 0.15) is 0 Å². The molecule has 0 aliphatic rings. The first-order valence-corrected chi connectivity index (χ1v) is 6.56. The molecule has 0 aliphatic heterocycles. The standard InChI is InChI=1S/C16H16F2N2O/c1-19-16(21)12-7-5-11(6-8-12)9-20-10-13-3-2-4-14(17)15(13)18/h2-8,20H,9-10H2,1H3,(H,19,21). The molecule has 3 nitrogen and oxygen atoms in total. The summed E-state index contributed by atoms with van der Waals surface area (Å²) in [5, 5.41) is 5.59. The van der Waals surface area contributed by atoms with E-state index in [1.165, 1.54) is 6.07 Å². The predicted molar refractivity (Wildman–Crippen MR) is 76.7 cm³/mol. The number of rotatable bonds is 5. The van der Waals surface area contributed by atoms with Gasteiger partial charge in [0.2, 0.25) is 0 Å². The summed E-state index contributed by atoms with van der Waals surface area (Å²) in [4.78, 5) is 11.4. The number of carbonyl (C=O) groups excluding carboxylic acids is 1. The zero-order valence-corrected chi connectivity index (χ0v) is 11.6. The Morgan fingerprint density at radius 3 is 2.43 bits per heavy atom. The zero-order chi connectivity index (χ0) is 15.2. The van der Waals surface area contributed by atoms with Gasteiger partial charge < -0.3 is 10.6 Å². The van der Waals surface area contributed by atoms with Crippen LogP contribution in [0.15, 0.2) is 42.5 Å². The zero-order valence-electron chi connectivity index (χ0n) is 11.6. The molecule has 0 heterocycles. The normalized spacial score (nSPS) is 10.4. The highest BCUT2D eigenvalue weighted by Crippen LogP contribution is 2.11. The Balaban J connectivity index is 1.91. The monoisotopic (exact) mass is 290 g/mol. The van der Waals surface area contributed by atoms with Gasteiger partial charge in [-0.15, -0.1) is 0 Å². The van der Waals surface area contributed by atoms with Gasteiger partial charge in [0.05, 0.1) is 0 Å². The third-order valence-corrected chi connectivity index (χ3v) is 3.12. The maximum absolute atomic E-state index is 13.4. The van der Waals surface area contributed by atoms with Crippen LogP contribution in [-0.4, -0.2) is 13.0 Å². The van der Waals surface area contributed by atoms with Gasteiger partial charge >= 0.3 is 0 Å². The van der Waals surface area contributed by atoms with Crippen molar-refractivity contribution in [3.63, 3.8) is 0 Å². The summed E-state index contributed by atoms with van der Waals surface area (Å²) in [6, 6.07) is 11.2. The van der Waals surface area contributed by atoms with Crippen molar-refractivity contribution >= 4 is 5.91 Å². The molecule has 2 N–H and O–H groups in total. The van der Waals surface area contributed by atoms with Crippen molar-refractivity contribution in [3.8, 4) is 0 Å². The van der Waals surface area contributed by atoms with Gasteiger partial charge in [0.15, 0.2) is 11.6 Å². The summed E-state index contributed by atoms with van der Waals surface area (Å²) in [7, 11) is 1.57. The van der Waals surface area contributed by atoms with Crippen molar-refractivity contribution in [2.24, 2.45) is 0 Å². The summed E-state index contributed by atoms with van der Waals surface area (Å²) < 4.78 is 26.5. The summed E-state index contributed by atoms with van der Waals surface area (Å²) in [6.07, 6.45) is 0. The van der Waals surface area contributed by atoms with E-state index in [1.807, 2.05) is 12.1 Å². The first kappa shape index (κ1) is 15.1. The molecule has 0 saturated carbocycles. The number of benzene rings is 2. The molecule has 0 radical (unpaired) electrons. The molecule has 2 aromatic carbocycles. The molecular formula is C16H16F2N2O. The lowest BCUT2D eigenvalue weighted by Crippen LogP contribution is -2.18. The highest BCUT2D eigenvalue weighted by atomic mass is 19.2. The molecule has 1 amide bonds. The molecule has 21 heavy (non-hydrogen) atoms. The minimum atomic E-state index is -0.843. The number of carbonyl (C=O) groups is 1. The second-order valence-corrected chi connectivity index (χ2v) is 4.59. The first-order chi connectivity index (χ1) is 10.1. The SMILES string of the molecule is CNC(=O)c1ccc(CNCc2cccc(F)c2F)cc1. The van der Waals surface area contributed by atoms with Gasteiger partial charge in [0, 0.05) is 31.3 Å². The Morgan fingerprint density at radius 1 is 1.05 bits per heavy atom. The van der Waals surface area contributed by atoms with Gasteiger partial charge in [0.25, 0.3) is 5.91 Å². The molecule has 0 atom stereocenters. The average Bonchev–Trinajstić information content (AvgIpc) is 2.51. The summed E-state index contributed by atoms with van der Waals surface area (Å²) in [6.45, 7) is 0.741. The molecule has 0 spiro atoms. The van der Waals surface area contributed by atoms with E-state index in [1.54, 1.807) is 25.2 Å². The smallest absolute Gasteiger partial charge is 0.251 e. The highest BCUT2D eigenvalue weighted by molar-refractivity contribution is 5.93. The van der Waals surface area contributed by atoms with Crippen LogP contribution in [0.3, 0.4) is 0 Å². The number of nitrogens with one attached hydrogen (secondary N) is 2. The van der Waals surface area contributed by atoms with Crippen molar-refractivity contribution in [2.45, 2.75) is 13.1 Å². The second-order valence-electron chi connectivity index (χ2n) is 4.59. The molecule has 2 aromatic rings. The van der Waals surface area contributed by atoms with Crippen LogP contribution < -0.4 is 10.6 Å². The summed E-state index contributed by atoms with van der Waals surface area (Å²) in [5.74, 6) is -1.81. The first-order valence-electron chi connectivity index (χ1n) is 6.56. The van der Waals surface area contributed by atoms with Crippen molar-refractivity contribution in [1.82, 2.24) is 10.6 Å². The number of hydrogen-bond donors (Lipinski definition) is 2. The molecule has 2 rings (SSSR count). The predicted octanol–water partition coefficient (Wildman–Crippen LogP) is 2.61. The molecule has 0 aliphatic carbocycles. The molecule has 5 heteroatoms. The molecular weight excluding hydrogens is 274 g/mol. The molecule has 0 bridgehead atoms. The van der Waals surface area contributed by atoms with E-state index in [4.69, 9.17) is 0 Å². The maximum Gasteiger partial charge on any atom is 0.251 e. The Hall–Kier alpha value is -2.27. The maximum atomic E-state index is 13.4. The molecule has 0 unspecified atom stereocenters. The summed E-state index contributed by atoms with van der Waals surface area (Å²) in [5.41, 5.74) is 1.83. The van der Waals surface area contributed by atoms with Gasteiger partial charge in [-0.1, -0.05) is 24.3 Å². The Bertz CT molecular complexity index is 627. The van der Waals surface area contributed by atoms with Crippen LogP contribution in [0.2, 0.25) is 0 Å². The molecule has 110 valence electrons. The van der Waals surface area contributed by atoms with Crippen molar-refractivity contribution < 1.29 is 13.6 Å². The quantitative estimate of drug-likeness (QED) is 0.888. The van der Waals surface area contributed by atoms with Crippen molar-refractivity contribution in [2.75, 3.05) is 7.05 Å². The fraction of sp³-hybridized carbons (Fsp3) is 0.188. The minimum Gasteiger partial charge on any atom is -0.355 e. The van der Waals surface area contributed by atoms with Crippen molar-refractivity contribution in [1.29, 1.82) is 0 Å². The lowest BCUT2D eigenvalue weighted by Gasteiger charge is -2.07. The van der Waals surface area contributed by atoms with Gasteiger partial charge in [-0.3, -0.25) is 4.79 Å². The number of amides is 1. The van der Waals surface area contributed by atoms with Crippen LogP contribution in [0.1, 0.15) is 21.5 Å². The van der Waals surface area contributed by atoms with E-state index >= 15 is 0 Å². The lowest BCUT2D eigenvalue weighted by atomic mass is 10.1. The second kappa shape index (κ2) is 6.95. The van der Waals surface area contributed by atoms with Gasteiger partial charge in [-0.25, -0.2) is 8.78 Å². The summed E-state index contributed by atoms with van der Waals surface area (Å²) >= 11 is 0. The molecule has 0 saturated heterocycles. The Kier molecular flexibility index (Phi) is 5.00. The van der Waals surface area contributed by atoms with E-state index in [0.29, 0.717) is 12.1 Å². The van der Waals surface area contributed by atoms with E-state index in [9.17, 15) is 13.6 Å². The number of hydrogen-bond acceptors (Lipinski definition) is 2.